The predicted molar refractivity (Wildman–Crippen MR) is 77.6 cm³/mol. The van der Waals surface area contributed by atoms with Crippen LogP contribution in [0.2, 0.25) is 5.02 Å². The van der Waals surface area contributed by atoms with Crippen molar-refractivity contribution in [3.63, 3.8) is 0 Å². The Bertz CT molecular complexity index is 387. The summed E-state index contributed by atoms with van der Waals surface area (Å²) in [6.45, 7) is 4.36. The molecule has 2 rings (SSSR count). The third-order valence-electron chi connectivity index (χ3n) is 2.95. The highest BCUT2D eigenvalue weighted by Crippen LogP contribution is 2.26. The van der Waals surface area contributed by atoms with Crippen LogP contribution in [0, 0.1) is 0 Å². The Morgan fingerprint density at radius 1 is 1.53 bits per heavy atom. The number of rotatable bonds is 3. The number of hydrogen-bond acceptors (Lipinski definition) is 3. The SMILES string of the molecule is CCC1CN(c2ccc(Cl)c(CCl)n2)CCS1. The van der Waals surface area contributed by atoms with Crippen molar-refractivity contribution in [1.82, 2.24) is 4.98 Å². The molecule has 0 aliphatic carbocycles. The number of thioether (sulfide) groups is 1. The molecule has 17 heavy (non-hydrogen) atoms. The van der Waals surface area contributed by atoms with Crippen molar-refractivity contribution in [1.29, 1.82) is 0 Å². The van der Waals surface area contributed by atoms with E-state index < -0.39 is 0 Å². The van der Waals surface area contributed by atoms with E-state index in [-0.39, 0.29) is 0 Å². The van der Waals surface area contributed by atoms with E-state index >= 15 is 0 Å². The molecule has 2 heterocycles. The standard InChI is InChI=1S/C12H16Cl2N2S/c1-2-9-8-16(5-6-17-9)12-4-3-10(14)11(7-13)15-12/h3-4,9H,2,5-8H2,1H3. The van der Waals surface area contributed by atoms with Crippen LogP contribution in [-0.4, -0.2) is 29.1 Å². The van der Waals surface area contributed by atoms with Crippen LogP contribution in [0.4, 0.5) is 5.82 Å². The number of nitrogens with zero attached hydrogens (tertiary/aromatic N) is 2. The second-order valence-electron chi connectivity index (χ2n) is 4.08. The number of hydrogen-bond donors (Lipinski definition) is 0. The summed E-state index contributed by atoms with van der Waals surface area (Å²) in [6.07, 6.45) is 1.21. The largest absolute Gasteiger partial charge is 0.355 e. The smallest absolute Gasteiger partial charge is 0.129 e. The molecule has 0 radical (unpaired) electrons. The van der Waals surface area contributed by atoms with E-state index in [0.717, 1.165) is 24.6 Å². The zero-order valence-electron chi connectivity index (χ0n) is 9.83. The molecule has 0 bridgehead atoms. The van der Waals surface area contributed by atoms with Gasteiger partial charge in [0, 0.05) is 24.1 Å². The van der Waals surface area contributed by atoms with Crippen molar-refractivity contribution in [2.75, 3.05) is 23.7 Å². The van der Waals surface area contributed by atoms with Gasteiger partial charge in [0.25, 0.3) is 0 Å². The van der Waals surface area contributed by atoms with E-state index in [1.807, 2.05) is 12.1 Å². The minimum absolute atomic E-state index is 0.368. The minimum atomic E-state index is 0.368. The molecule has 1 aliphatic rings. The lowest BCUT2D eigenvalue weighted by molar-refractivity contribution is 0.719. The Balaban J connectivity index is 2.16. The molecular formula is C12H16Cl2N2S. The summed E-state index contributed by atoms with van der Waals surface area (Å²) >= 11 is 13.9. The predicted octanol–water partition coefficient (Wildman–Crippen LogP) is 3.81. The van der Waals surface area contributed by atoms with E-state index in [2.05, 4.69) is 28.6 Å². The van der Waals surface area contributed by atoms with Crippen LogP contribution in [0.3, 0.4) is 0 Å². The van der Waals surface area contributed by atoms with E-state index in [4.69, 9.17) is 23.2 Å². The molecule has 0 amide bonds. The van der Waals surface area contributed by atoms with Gasteiger partial charge in [-0.05, 0) is 18.6 Å². The number of anilines is 1. The third-order valence-corrected chi connectivity index (χ3v) is 4.92. The van der Waals surface area contributed by atoms with Gasteiger partial charge in [0.1, 0.15) is 5.82 Å². The minimum Gasteiger partial charge on any atom is -0.355 e. The maximum atomic E-state index is 6.02. The summed E-state index contributed by atoms with van der Waals surface area (Å²) in [5.41, 5.74) is 0.775. The summed E-state index contributed by atoms with van der Waals surface area (Å²) in [6, 6.07) is 3.88. The molecule has 1 unspecified atom stereocenters. The molecule has 0 saturated carbocycles. The van der Waals surface area contributed by atoms with Crippen molar-refractivity contribution < 1.29 is 0 Å². The molecule has 2 nitrogen and oxygen atoms in total. The molecule has 5 heteroatoms. The monoisotopic (exact) mass is 290 g/mol. The highest BCUT2D eigenvalue weighted by Gasteiger charge is 2.20. The molecule has 1 atom stereocenters. The molecule has 1 aliphatic heterocycles. The molecule has 94 valence electrons. The Morgan fingerprint density at radius 2 is 2.35 bits per heavy atom. The second kappa shape index (κ2) is 6.17. The Kier molecular flexibility index (Phi) is 4.83. The Morgan fingerprint density at radius 3 is 3.06 bits per heavy atom. The molecule has 1 saturated heterocycles. The van der Waals surface area contributed by atoms with Crippen molar-refractivity contribution >= 4 is 40.8 Å². The van der Waals surface area contributed by atoms with E-state index in [9.17, 15) is 0 Å². The average Bonchev–Trinajstić information content (AvgIpc) is 2.39. The lowest BCUT2D eigenvalue weighted by atomic mass is 10.3. The van der Waals surface area contributed by atoms with Crippen molar-refractivity contribution in [3.05, 3.63) is 22.8 Å². The summed E-state index contributed by atoms with van der Waals surface area (Å²) in [5, 5.41) is 1.36. The molecule has 1 aromatic rings. The van der Waals surface area contributed by atoms with Gasteiger partial charge < -0.3 is 4.90 Å². The highest BCUT2D eigenvalue weighted by molar-refractivity contribution is 8.00. The van der Waals surface area contributed by atoms with Gasteiger partial charge in [0.05, 0.1) is 16.6 Å². The van der Waals surface area contributed by atoms with E-state index in [0.29, 0.717) is 16.2 Å². The van der Waals surface area contributed by atoms with Crippen LogP contribution in [0.15, 0.2) is 12.1 Å². The van der Waals surface area contributed by atoms with Gasteiger partial charge in [-0.1, -0.05) is 18.5 Å². The van der Waals surface area contributed by atoms with Gasteiger partial charge in [0.15, 0.2) is 0 Å². The number of pyridine rings is 1. The fraction of sp³-hybridized carbons (Fsp3) is 0.583. The van der Waals surface area contributed by atoms with Gasteiger partial charge in [-0.2, -0.15) is 11.8 Å². The summed E-state index contributed by atoms with van der Waals surface area (Å²) in [7, 11) is 0. The fourth-order valence-corrected chi connectivity index (χ4v) is 3.54. The third kappa shape index (κ3) is 3.21. The number of aromatic nitrogens is 1. The van der Waals surface area contributed by atoms with E-state index in [1.165, 1.54) is 12.2 Å². The summed E-state index contributed by atoms with van der Waals surface area (Å²) in [4.78, 5) is 6.87. The molecule has 0 spiro atoms. The fourth-order valence-electron chi connectivity index (χ4n) is 1.92. The molecule has 1 aromatic heterocycles. The molecule has 0 aromatic carbocycles. The van der Waals surface area contributed by atoms with Gasteiger partial charge >= 0.3 is 0 Å². The first-order valence-electron chi connectivity index (χ1n) is 5.82. The van der Waals surface area contributed by atoms with Crippen LogP contribution in [-0.2, 0) is 5.88 Å². The zero-order chi connectivity index (χ0) is 12.3. The highest BCUT2D eigenvalue weighted by atomic mass is 35.5. The number of halogens is 2. The zero-order valence-corrected chi connectivity index (χ0v) is 12.2. The van der Waals surface area contributed by atoms with Crippen LogP contribution in [0.1, 0.15) is 19.0 Å². The number of alkyl halides is 1. The van der Waals surface area contributed by atoms with Crippen LogP contribution >= 0.6 is 35.0 Å². The van der Waals surface area contributed by atoms with Crippen LogP contribution in [0.5, 0.6) is 0 Å². The average molecular weight is 291 g/mol. The van der Waals surface area contributed by atoms with Gasteiger partial charge in [-0.15, -0.1) is 11.6 Å². The Labute approximate surface area is 117 Å². The maximum Gasteiger partial charge on any atom is 0.129 e. The van der Waals surface area contributed by atoms with Crippen molar-refractivity contribution in [2.45, 2.75) is 24.5 Å². The quantitative estimate of drug-likeness (QED) is 0.788. The topological polar surface area (TPSA) is 16.1 Å². The van der Waals surface area contributed by atoms with Crippen LogP contribution < -0.4 is 4.90 Å². The normalized spacial score (nSPS) is 20.6. The molecule has 0 N–H and O–H groups in total. The van der Waals surface area contributed by atoms with Crippen molar-refractivity contribution in [3.8, 4) is 0 Å². The summed E-state index contributed by atoms with van der Waals surface area (Å²) in [5.74, 6) is 2.54. The Hall–Kier alpha value is -0.120. The first-order valence-corrected chi connectivity index (χ1v) is 7.78. The lowest BCUT2D eigenvalue weighted by Crippen LogP contribution is -2.38. The maximum absolute atomic E-state index is 6.02. The van der Waals surface area contributed by atoms with Gasteiger partial charge in [-0.3, -0.25) is 0 Å². The van der Waals surface area contributed by atoms with Gasteiger partial charge in [-0.25, -0.2) is 4.98 Å². The van der Waals surface area contributed by atoms with Gasteiger partial charge in [0.2, 0.25) is 0 Å². The summed E-state index contributed by atoms with van der Waals surface area (Å²) < 4.78 is 0. The molecule has 1 fully saturated rings. The first-order chi connectivity index (χ1) is 8.24. The molecular weight excluding hydrogens is 275 g/mol. The lowest BCUT2D eigenvalue weighted by Gasteiger charge is -2.33. The second-order valence-corrected chi connectivity index (χ2v) is 6.16. The van der Waals surface area contributed by atoms with E-state index in [1.54, 1.807) is 0 Å². The van der Waals surface area contributed by atoms with Crippen molar-refractivity contribution in [2.24, 2.45) is 0 Å². The van der Waals surface area contributed by atoms with Crippen LogP contribution in [0.25, 0.3) is 0 Å². The first kappa shape index (κ1) is 13.3.